The van der Waals surface area contributed by atoms with Crippen LogP contribution in [-0.2, 0) is 11.2 Å². The minimum Gasteiger partial charge on any atom is -0.356 e. The van der Waals surface area contributed by atoms with Crippen LogP contribution in [0.15, 0.2) is 30.3 Å². The number of benzene rings is 1. The number of carbonyl (C=O) groups is 1. The highest BCUT2D eigenvalue weighted by Crippen LogP contribution is 2.27. The molecule has 0 aromatic heterocycles. The topological polar surface area (TPSA) is 32.3 Å². The molecule has 0 bridgehead atoms. The number of aryl methyl sites for hydroxylation is 1. The highest BCUT2D eigenvalue weighted by Gasteiger charge is 2.27. The Kier molecular flexibility index (Phi) is 6.71. The Labute approximate surface area is 146 Å². The minimum absolute atomic E-state index is 0.226. The number of piperidine rings is 1. The van der Waals surface area contributed by atoms with Gasteiger partial charge in [-0.15, -0.1) is 0 Å². The fourth-order valence-electron chi connectivity index (χ4n) is 4.24. The molecule has 1 aliphatic heterocycles. The summed E-state index contributed by atoms with van der Waals surface area (Å²) in [6.45, 7) is 3.35. The van der Waals surface area contributed by atoms with E-state index in [1.54, 1.807) is 0 Å². The maximum atomic E-state index is 12.0. The van der Waals surface area contributed by atoms with Gasteiger partial charge in [-0.2, -0.15) is 0 Å². The highest BCUT2D eigenvalue weighted by atomic mass is 16.1. The molecule has 3 heteroatoms. The highest BCUT2D eigenvalue weighted by molar-refractivity contribution is 5.75. The smallest absolute Gasteiger partial charge is 0.220 e. The van der Waals surface area contributed by atoms with Gasteiger partial charge in [0.05, 0.1) is 0 Å². The normalized spacial score (nSPS) is 20.3. The second-order valence-corrected chi connectivity index (χ2v) is 7.56. The van der Waals surface area contributed by atoms with Gasteiger partial charge in [0, 0.05) is 19.0 Å². The third kappa shape index (κ3) is 5.34. The zero-order valence-corrected chi connectivity index (χ0v) is 14.9. The molecule has 1 N–H and O–H groups in total. The summed E-state index contributed by atoms with van der Waals surface area (Å²) >= 11 is 0. The second kappa shape index (κ2) is 9.22. The van der Waals surface area contributed by atoms with Crippen LogP contribution in [0, 0.1) is 5.92 Å². The first-order valence-electron chi connectivity index (χ1n) is 9.86. The number of hydrogen-bond acceptors (Lipinski definition) is 2. The van der Waals surface area contributed by atoms with Crippen molar-refractivity contribution >= 4 is 5.91 Å². The van der Waals surface area contributed by atoms with E-state index < -0.39 is 0 Å². The van der Waals surface area contributed by atoms with Crippen LogP contribution in [0.1, 0.15) is 56.9 Å². The largest absolute Gasteiger partial charge is 0.356 e. The van der Waals surface area contributed by atoms with Gasteiger partial charge < -0.3 is 10.2 Å². The molecule has 132 valence electrons. The molecule has 0 atom stereocenters. The molecule has 1 amide bonds. The van der Waals surface area contributed by atoms with Crippen LogP contribution in [0.3, 0.4) is 0 Å². The fourth-order valence-corrected chi connectivity index (χ4v) is 4.24. The molecule has 2 fully saturated rings. The van der Waals surface area contributed by atoms with Gasteiger partial charge in [-0.1, -0.05) is 43.2 Å². The van der Waals surface area contributed by atoms with Crippen LogP contribution in [-0.4, -0.2) is 36.5 Å². The van der Waals surface area contributed by atoms with Crippen molar-refractivity contribution in [2.75, 3.05) is 19.6 Å². The molecule has 24 heavy (non-hydrogen) atoms. The van der Waals surface area contributed by atoms with Crippen LogP contribution in [0.2, 0.25) is 0 Å². The molecule has 1 aromatic rings. The van der Waals surface area contributed by atoms with Crippen molar-refractivity contribution in [1.82, 2.24) is 10.2 Å². The maximum absolute atomic E-state index is 12.0. The van der Waals surface area contributed by atoms with Gasteiger partial charge in [0.25, 0.3) is 0 Å². The van der Waals surface area contributed by atoms with Crippen molar-refractivity contribution in [3.8, 4) is 0 Å². The van der Waals surface area contributed by atoms with E-state index >= 15 is 0 Å². The Morgan fingerprint density at radius 3 is 2.46 bits per heavy atom. The number of nitrogens with zero attached hydrogens (tertiary/aromatic N) is 1. The molecule has 0 spiro atoms. The zero-order chi connectivity index (χ0) is 16.6. The lowest BCUT2D eigenvalue weighted by Crippen LogP contribution is -2.42. The van der Waals surface area contributed by atoms with Gasteiger partial charge in [0.1, 0.15) is 0 Å². The predicted octanol–water partition coefficient (Wildman–Crippen LogP) is 3.78. The summed E-state index contributed by atoms with van der Waals surface area (Å²) < 4.78 is 0. The Balaban J connectivity index is 1.27. The van der Waals surface area contributed by atoms with E-state index in [2.05, 4.69) is 34.5 Å². The van der Waals surface area contributed by atoms with Crippen LogP contribution >= 0.6 is 0 Å². The molecule has 1 saturated carbocycles. The van der Waals surface area contributed by atoms with E-state index in [0.717, 1.165) is 25.4 Å². The van der Waals surface area contributed by atoms with Gasteiger partial charge in [0.2, 0.25) is 5.91 Å². The van der Waals surface area contributed by atoms with E-state index in [4.69, 9.17) is 0 Å². The van der Waals surface area contributed by atoms with Crippen molar-refractivity contribution in [3.05, 3.63) is 35.9 Å². The molecule has 1 heterocycles. The molecule has 0 radical (unpaired) electrons. The van der Waals surface area contributed by atoms with Gasteiger partial charge >= 0.3 is 0 Å². The average molecular weight is 329 g/mol. The number of carbonyl (C=O) groups excluding carboxylic acids is 1. The summed E-state index contributed by atoms with van der Waals surface area (Å²) in [5.74, 6) is 0.907. The maximum Gasteiger partial charge on any atom is 0.220 e. The SMILES string of the molecule is O=C(CCCc1ccccc1)NCC1CCN(C2CCCC2)CC1. The molecule has 3 nitrogen and oxygen atoms in total. The predicted molar refractivity (Wildman–Crippen MR) is 98.9 cm³/mol. The summed E-state index contributed by atoms with van der Waals surface area (Å²) in [5.41, 5.74) is 1.32. The Hall–Kier alpha value is -1.35. The van der Waals surface area contributed by atoms with E-state index in [1.807, 2.05) is 6.07 Å². The molecule has 1 aromatic carbocycles. The molecule has 1 saturated heterocycles. The molecular weight excluding hydrogens is 296 g/mol. The van der Waals surface area contributed by atoms with Crippen molar-refractivity contribution < 1.29 is 4.79 Å². The minimum atomic E-state index is 0.226. The first kappa shape index (κ1) is 17.5. The van der Waals surface area contributed by atoms with Crippen molar-refractivity contribution in [3.63, 3.8) is 0 Å². The summed E-state index contributed by atoms with van der Waals surface area (Å²) in [6, 6.07) is 11.3. The lowest BCUT2D eigenvalue weighted by atomic mass is 9.95. The number of nitrogens with one attached hydrogen (secondary N) is 1. The van der Waals surface area contributed by atoms with Crippen molar-refractivity contribution in [2.45, 2.75) is 63.8 Å². The van der Waals surface area contributed by atoms with E-state index in [0.29, 0.717) is 12.3 Å². The van der Waals surface area contributed by atoms with Gasteiger partial charge in [-0.25, -0.2) is 0 Å². The standard InChI is InChI=1S/C21H32N2O/c24-21(12-6-9-18-7-2-1-3-8-18)22-17-19-13-15-23(16-14-19)20-10-4-5-11-20/h1-3,7-8,19-20H,4-6,9-17H2,(H,22,24). The zero-order valence-electron chi connectivity index (χ0n) is 14.9. The fraction of sp³-hybridized carbons (Fsp3) is 0.667. The van der Waals surface area contributed by atoms with Crippen molar-refractivity contribution in [2.24, 2.45) is 5.92 Å². The van der Waals surface area contributed by atoms with Crippen LogP contribution in [0.25, 0.3) is 0 Å². The van der Waals surface area contributed by atoms with Gasteiger partial charge in [-0.05, 0) is 63.1 Å². The molecular formula is C21H32N2O. The Morgan fingerprint density at radius 1 is 1.04 bits per heavy atom. The summed E-state index contributed by atoms with van der Waals surface area (Å²) in [4.78, 5) is 14.7. The Morgan fingerprint density at radius 2 is 1.75 bits per heavy atom. The number of hydrogen-bond donors (Lipinski definition) is 1. The number of rotatable bonds is 7. The summed E-state index contributed by atoms with van der Waals surface area (Å²) in [7, 11) is 0. The molecule has 1 aliphatic carbocycles. The monoisotopic (exact) mass is 328 g/mol. The first-order chi connectivity index (χ1) is 11.8. The Bertz CT molecular complexity index is 488. The van der Waals surface area contributed by atoms with E-state index in [9.17, 15) is 4.79 Å². The third-order valence-electron chi connectivity index (χ3n) is 5.79. The number of likely N-dealkylation sites (tertiary alicyclic amines) is 1. The molecule has 0 unspecified atom stereocenters. The van der Waals surface area contributed by atoms with Gasteiger partial charge in [0.15, 0.2) is 0 Å². The summed E-state index contributed by atoms with van der Waals surface area (Å²) in [5, 5.41) is 3.17. The van der Waals surface area contributed by atoms with Gasteiger partial charge in [-0.3, -0.25) is 4.79 Å². The second-order valence-electron chi connectivity index (χ2n) is 7.56. The quantitative estimate of drug-likeness (QED) is 0.826. The van der Waals surface area contributed by atoms with Crippen LogP contribution < -0.4 is 5.32 Å². The van der Waals surface area contributed by atoms with E-state index in [1.165, 1.54) is 57.2 Å². The lowest BCUT2D eigenvalue weighted by molar-refractivity contribution is -0.121. The van der Waals surface area contributed by atoms with Crippen LogP contribution in [0.4, 0.5) is 0 Å². The number of amides is 1. The first-order valence-corrected chi connectivity index (χ1v) is 9.86. The third-order valence-corrected chi connectivity index (χ3v) is 5.79. The summed E-state index contributed by atoms with van der Waals surface area (Å²) in [6.07, 6.45) is 10.7. The lowest BCUT2D eigenvalue weighted by Gasteiger charge is -2.36. The molecule has 2 aliphatic rings. The van der Waals surface area contributed by atoms with Crippen molar-refractivity contribution in [1.29, 1.82) is 0 Å². The average Bonchev–Trinajstić information content (AvgIpc) is 3.16. The van der Waals surface area contributed by atoms with Crippen LogP contribution in [0.5, 0.6) is 0 Å². The van der Waals surface area contributed by atoms with E-state index in [-0.39, 0.29) is 5.91 Å². The molecule has 3 rings (SSSR count).